The van der Waals surface area contributed by atoms with Gasteiger partial charge in [0.15, 0.2) is 11.3 Å². The van der Waals surface area contributed by atoms with Gasteiger partial charge in [0, 0.05) is 5.69 Å². The van der Waals surface area contributed by atoms with Crippen LogP contribution in [-0.4, -0.2) is 30.7 Å². The number of thiazole rings is 2. The molecule has 1 aromatic carbocycles. The third-order valence-electron chi connectivity index (χ3n) is 11.8. The van der Waals surface area contributed by atoms with Crippen LogP contribution >= 0.6 is 22.7 Å². The Balaban J connectivity index is 1.82. The second kappa shape index (κ2) is 16.2. The van der Waals surface area contributed by atoms with E-state index in [0.29, 0.717) is 33.2 Å². The normalized spacial score (nSPS) is 13.4. The Kier molecular flexibility index (Phi) is 13.2. The number of fused-ring (bicyclic) bond motifs is 3. The van der Waals surface area contributed by atoms with Gasteiger partial charge < -0.3 is 0 Å². The first kappa shape index (κ1) is 38.5. The van der Waals surface area contributed by atoms with Gasteiger partial charge in [-0.25, -0.2) is 9.97 Å². The molecule has 0 bridgehead atoms. The first-order valence-corrected chi connectivity index (χ1v) is 25.3. The molecule has 7 heteroatoms. The Bertz CT molecular complexity index is 1430. The number of benzene rings is 1. The Morgan fingerprint density at radius 1 is 0.532 bits per heavy atom. The van der Waals surface area contributed by atoms with Crippen molar-refractivity contribution in [2.24, 2.45) is 0 Å². The third-order valence-corrected chi connectivity index (χ3v) is 29.6. The summed E-state index contributed by atoms with van der Waals surface area (Å²) in [6.07, 6.45) is 12.1. The van der Waals surface area contributed by atoms with Crippen molar-refractivity contribution in [2.45, 2.75) is 181 Å². The van der Waals surface area contributed by atoms with Gasteiger partial charge in [-0.1, -0.05) is 147 Å². The quantitative estimate of drug-likeness (QED) is 0.0760. The second-order valence-corrected chi connectivity index (χ2v) is 30.7. The lowest BCUT2D eigenvalue weighted by atomic mass is 10.0. The summed E-state index contributed by atoms with van der Waals surface area (Å²) in [6.45, 7) is 31.9. The molecule has 3 nitrogen and oxygen atoms in total. The molecule has 0 unspecified atom stereocenters. The highest BCUT2D eigenvalue weighted by atomic mass is 32.1. The van der Waals surface area contributed by atoms with E-state index in [-0.39, 0.29) is 0 Å². The van der Waals surface area contributed by atoms with Gasteiger partial charge in [0.2, 0.25) is 0 Å². The Morgan fingerprint density at radius 2 is 0.894 bits per heavy atom. The molecule has 0 N–H and O–H groups in total. The highest BCUT2D eigenvalue weighted by molar-refractivity contribution is 7.37. The van der Waals surface area contributed by atoms with Crippen molar-refractivity contribution in [1.29, 1.82) is 0 Å². The number of aromatic nitrogens is 3. The van der Waals surface area contributed by atoms with Crippen molar-refractivity contribution < 1.29 is 0 Å². The molecule has 0 aliphatic heterocycles. The van der Waals surface area contributed by atoms with E-state index < -0.39 is 16.1 Å². The van der Waals surface area contributed by atoms with Crippen molar-refractivity contribution in [3.63, 3.8) is 0 Å². The summed E-state index contributed by atoms with van der Waals surface area (Å²) in [5.41, 5.74) is 8.78. The standard InChI is InChI=1S/C40H67N3S2Si2/c1-14-15-16-17-18-19-20-21-22-33-23-25-34(26-24-33)43-37-35(44-39(41-37)46(27(2)3,28(4)5)29(6)7)36-38(43)42-40(45-36)47(30(8)9,31(10)11)32(12)13/h23-32H,14-22H2,1-13H3. The zero-order valence-corrected chi connectivity index (χ0v) is 35.9. The van der Waals surface area contributed by atoms with Crippen molar-refractivity contribution >= 4 is 68.8 Å². The minimum Gasteiger partial charge on any atom is -0.277 e. The predicted molar refractivity (Wildman–Crippen MR) is 220 cm³/mol. The number of nitrogens with zero attached hydrogens (tertiary/aromatic N) is 3. The molecular formula is C40H67N3S2Si2. The molecule has 0 saturated heterocycles. The molecule has 4 aromatic rings. The van der Waals surface area contributed by atoms with Gasteiger partial charge in [-0.15, -0.1) is 22.7 Å². The van der Waals surface area contributed by atoms with Crippen molar-refractivity contribution in [1.82, 2.24) is 14.5 Å². The highest BCUT2D eigenvalue weighted by Crippen LogP contribution is 2.46. The predicted octanol–water partition coefficient (Wildman–Crippen LogP) is 13.2. The zero-order chi connectivity index (χ0) is 34.7. The maximum Gasteiger partial charge on any atom is 0.158 e. The fraction of sp³-hybridized carbons (Fsp3) is 0.700. The SMILES string of the molecule is CCCCCCCCCCc1ccc(-n2c3nc([Si](C(C)C)(C(C)C)C(C)C)sc3c3sc([Si](C(C)C)(C(C)C)C(C)C)nc32)cc1. The first-order chi connectivity index (χ1) is 22.3. The van der Waals surface area contributed by atoms with E-state index >= 15 is 0 Å². The van der Waals surface area contributed by atoms with Crippen molar-refractivity contribution in [2.75, 3.05) is 0 Å². The fourth-order valence-electron chi connectivity index (χ4n) is 9.69. The van der Waals surface area contributed by atoms with Gasteiger partial charge >= 0.3 is 0 Å². The Labute approximate surface area is 298 Å². The van der Waals surface area contributed by atoms with Gasteiger partial charge in [0.05, 0.1) is 18.7 Å². The summed E-state index contributed by atoms with van der Waals surface area (Å²) in [7, 11) is -3.80. The summed E-state index contributed by atoms with van der Waals surface area (Å²) in [6, 6.07) is 9.46. The fourth-order valence-corrected chi connectivity index (χ4v) is 29.3. The Hall–Kier alpha value is -1.29. The smallest absolute Gasteiger partial charge is 0.158 e. The van der Waals surface area contributed by atoms with Crippen molar-refractivity contribution in [3.8, 4) is 5.69 Å². The lowest BCUT2D eigenvalue weighted by Crippen LogP contribution is -2.55. The molecule has 3 aromatic heterocycles. The summed E-state index contributed by atoms with van der Waals surface area (Å²) < 4.78 is 8.09. The average Bonchev–Trinajstić information content (AvgIpc) is 3.66. The van der Waals surface area contributed by atoms with Crippen LogP contribution in [0.25, 0.3) is 26.4 Å². The zero-order valence-electron chi connectivity index (χ0n) is 32.3. The molecular weight excluding hydrogens is 643 g/mol. The van der Waals surface area contributed by atoms with Crippen LogP contribution in [0, 0.1) is 0 Å². The van der Waals surface area contributed by atoms with E-state index in [1.807, 2.05) is 22.7 Å². The van der Waals surface area contributed by atoms with Gasteiger partial charge in [0.1, 0.15) is 16.1 Å². The topological polar surface area (TPSA) is 30.7 Å². The van der Waals surface area contributed by atoms with Gasteiger partial charge in [-0.05, 0) is 63.8 Å². The van der Waals surface area contributed by atoms with Crippen molar-refractivity contribution in [3.05, 3.63) is 29.8 Å². The molecule has 0 spiro atoms. The summed E-state index contributed by atoms with van der Waals surface area (Å²) in [5, 5.41) is 0. The van der Waals surface area contributed by atoms with Crippen LogP contribution in [0.4, 0.5) is 0 Å². The monoisotopic (exact) mass is 709 g/mol. The van der Waals surface area contributed by atoms with E-state index in [0.717, 1.165) is 11.3 Å². The molecule has 0 saturated carbocycles. The average molecular weight is 710 g/mol. The van der Waals surface area contributed by atoms with Crippen LogP contribution in [0.15, 0.2) is 24.3 Å². The number of unbranched alkanes of at least 4 members (excludes halogenated alkanes) is 7. The summed E-state index contributed by atoms with van der Waals surface area (Å²) >= 11 is 4.05. The van der Waals surface area contributed by atoms with Gasteiger partial charge in [-0.2, -0.15) is 0 Å². The highest BCUT2D eigenvalue weighted by Gasteiger charge is 2.49. The molecule has 4 rings (SSSR count). The maximum atomic E-state index is 5.67. The molecule has 0 aliphatic carbocycles. The molecule has 47 heavy (non-hydrogen) atoms. The van der Waals surface area contributed by atoms with E-state index in [9.17, 15) is 0 Å². The largest absolute Gasteiger partial charge is 0.277 e. The molecule has 262 valence electrons. The number of rotatable bonds is 18. The van der Waals surface area contributed by atoms with Crippen LogP contribution in [-0.2, 0) is 6.42 Å². The number of hydrogen-bond donors (Lipinski definition) is 0. The van der Waals surface area contributed by atoms with Gasteiger partial charge in [-0.3, -0.25) is 4.57 Å². The minimum absolute atomic E-state index is 0.636. The van der Waals surface area contributed by atoms with E-state index in [2.05, 4.69) is 119 Å². The summed E-state index contributed by atoms with van der Waals surface area (Å²) in [4.78, 5) is 11.3. The van der Waals surface area contributed by atoms with E-state index in [4.69, 9.17) is 9.97 Å². The van der Waals surface area contributed by atoms with E-state index in [1.54, 1.807) is 0 Å². The molecule has 0 atom stereocenters. The molecule has 0 aliphatic rings. The molecule has 3 heterocycles. The Morgan fingerprint density at radius 3 is 1.26 bits per heavy atom. The molecule has 0 fully saturated rings. The summed E-state index contributed by atoms with van der Waals surface area (Å²) in [5.74, 6) is 0. The van der Waals surface area contributed by atoms with E-state index in [1.165, 1.54) is 87.7 Å². The lowest BCUT2D eigenvalue weighted by molar-refractivity contribution is 0.575. The van der Waals surface area contributed by atoms with Gasteiger partial charge in [0.25, 0.3) is 0 Å². The molecule has 0 radical (unpaired) electrons. The number of hydrogen-bond acceptors (Lipinski definition) is 4. The van der Waals surface area contributed by atoms with Crippen LogP contribution in [0.1, 0.15) is 147 Å². The van der Waals surface area contributed by atoms with Crippen LogP contribution in [0.2, 0.25) is 33.2 Å². The maximum absolute atomic E-state index is 5.67. The number of aryl methyl sites for hydroxylation is 1. The second-order valence-electron chi connectivity index (χ2n) is 16.4. The van der Waals surface area contributed by atoms with Crippen LogP contribution in [0.3, 0.4) is 0 Å². The third kappa shape index (κ3) is 7.16. The lowest BCUT2D eigenvalue weighted by Gasteiger charge is -2.41. The first-order valence-electron chi connectivity index (χ1n) is 19.2. The molecule has 0 amide bonds. The minimum atomic E-state index is -1.90. The van der Waals surface area contributed by atoms with Crippen LogP contribution < -0.4 is 9.26 Å². The van der Waals surface area contributed by atoms with Crippen LogP contribution in [0.5, 0.6) is 0 Å².